The molecule has 0 atom stereocenters. The Kier molecular flexibility index (Phi) is 6.57. The summed E-state index contributed by atoms with van der Waals surface area (Å²) in [4.78, 5) is 12.2. The summed E-state index contributed by atoms with van der Waals surface area (Å²) in [6.07, 6.45) is 0.830. The standard InChI is InChI=1S/C21H21FN4O3/c1-28-17-9-3-14(13-18(17)29-2)4-12-21(27)24-20-11-10-19(25-26-20)23-16-7-5-15(22)6-8-16/h3,5-11,13H,4,12H2,1-2H3,(H,23,25)(H,24,26,27). The van der Waals surface area contributed by atoms with Gasteiger partial charge in [0, 0.05) is 12.1 Å². The fourth-order valence-corrected chi connectivity index (χ4v) is 2.65. The van der Waals surface area contributed by atoms with Crippen LogP contribution in [0.5, 0.6) is 11.5 Å². The summed E-state index contributed by atoms with van der Waals surface area (Å²) in [5, 5.41) is 13.7. The second-order valence-corrected chi connectivity index (χ2v) is 6.17. The molecule has 2 N–H and O–H groups in total. The molecule has 150 valence electrons. The van der Waals surface area contributed by atoms with Gasteiger partial charge in [-0.2, -0.15) is 0 Å². The van der Waals surface area contributed by atoms with E-state index < -0.39 is 0 Å². The number of hydrogen-bond acceptors (Lipinski definition) is 6. The summed E-state index contributed by atoms with van der Waals surface area (Å²) in [7, 11) is 3.15. The number of aryl methyl sites for hydroxylation is 1. The Bertz CT molecular complexity index is 963. The molecule has 0 unspecified atom stereocenters. The molecular weight excluding hydrogens is 375 g/mol. The minimum Gasteiger partial charge on any atom is -0.493 e. The Labute approximate surface area is 167 Å². The number of nitrogens with one attached hydrogen (secondary N) is 2. The van der Waals surface area contributed by atoms with Crippen LogP contribution in [0.2, 0.25) is 0 Å². The molecule has 0 bridgehead atoms. The molecule has 1 amide bonds. The Morgan fingerprint density at radius 1 is 0.931 bits per heavy atom. The molecule has 0 spiro atoms. The van der Waals surface area contributed by atoms with Gasteiger partial charge in [0.2, 0.25) is 5.91 Å². The molecule has 0 aliphatic rings. The molecule has 3 aromatic rings. The van der Waals surface area contributed by atoms with E-state index in [0.717, 1.165) is 5.56 Å². The highest BCUT2D eigenvalue weighted by atomic mass is 19.1. The maximum Gasteiger partial charge on any atom is 0.225 e. The lowest BCUT2D eigenvalue weighted by Crippen LogP contribution is -2.14. The molecule has 1 aromatic heterocycles. The summed E-state index contributed by atoms with van der Waals surface area (Å²) >= 11 is 0. The van der Waals surface area contributed by atoms with Crippen molar-refractivity contribution in [3.8, 4) is 11.5 Å². The van der Waals surface area contributed by atoms with Crippen molar-refractivity contribution in [1.82, 2.24) is 10.2 Å². The number of rotatable bonds is 8. The first kappa shape index (κ1) is 20.1. The van der Waals surface area contributed by atoms with Gasteiger partial charge in [-0.1, -0.05) is 6.07 Å². The Morgan fingerprint density at radius 2 is 1.62 bits per heavy atom. The van der Waals surface area contributed by atoms with Gasteiger partial charge in [-0.25, -0.2) is 4.39 Å². The van der Waals surface area contributed by atoms with Crippen molar-refractivity contribution in [3.05, 3.63) is 66.0 Å². The second-order valence-electron chi connectivity index (χ2n) is 6.17. The van der Waals surface area contributed by atoms with E-state index in [0.29, 0.717) is 35.2 Å². The average molecular weight is 396 g/mol. The lowest BCUT2D eigenvalue weighted by atomic mass is 10.1. The number of hydrogen-bond donors (Lipinski definition) is 2. The predicted octanol–water partition coefficient (Wildman–Crippen LogP) is 3.95. The van der Waals surface area contributed by atoms with Gasteiger partial charge in [0.25, 0.3) is 0 Å². The van der Waals surface area contributed by atoms with Crippen LogP contribution in [0, 0.1) is 5.82 Å². The fraction of sp³-hybridized carbons (Fsp3) is 0.190. The Morgan fingerprint density at radius 3 is 2.28 bits per heavy atom. The monoisotopic (exact) mass is 396 g/mol. The van der Waals surface area contributed by atoms with Crippen LogP contribution in [0.25, 0.3) is 0 Å². The van der Waals surface area contributed by atoms with Crippen molar-refractivity contribution in [2.45, 2.75) is 12.8 Å². The van der Waals surface area contributed by atoms with Crippen LogP contribution in [0.1, 0.15) is 12.0 Å². The zero-order valence-corrected chi connectivity index (χ0v) is 16.1. The molecule has 2 aromatic carbocycles. The van der Waals surface area contributed by atoms with Crippen molar-refractivity contribution in [2.24, 2.45) is 0 Å². The first-order valence-electron chi connectivity index (χ1n) is 8.94. The lowest BCUT2D eigenvalue weighted by Gasteiger charge is -2.10. The van der Waals surface area contributed by atoms with Crippen molar-refractivity contribution in [3.63, 3.8) is 0 Å². The van der Waals surface area contributed by atoms with Gasteiger partial charge in [0.05, 0.1) is 14.2 Å². The number of benzene rings is 2. The maximum absolute atomic E-state index is 12.9. The molecule has 0 fully saturated rings. The number of amides is 1. The summed E-state index contributed by atoms with van der Waals surface area (Å²) in [6.45, 7) is 0. The van der Waals surface area contributed by atoms with Crippen LogP contribution in [-0.4, -0.2) is 30.3 Å². The largest absolute Gasteiger partial charge is 0.493 e. The van der Waals surface area contributed by atoms with Crippen molar-refractivity contribution in [1.29, 1.82) is 0 Å². The summed E-state index contributed by atoms with van der Waals surface area (Å²) in [5.41, 5.74) is 1.65. The van der Waals surface area contributed by atoms with Crippen LogP contribution in [-0.2, 0) is 11.2 Å². The van der Waals surface area contributed by atoms with Crippen molar-refractivity contribution >= 4 is 23.2 Å². The van der Waals surface area contributed by atoms with Gasteiger partial charge < -0.3 is 20.1 Å². The smallest absolute Gasteiger partial charge is 0.225 e. The third-order valence-corrected chi connectivity index (χ3v) is 4.14. The van der Waals surface area contributed by atoms with E-state index in [1.807, 2.05) is 18.2 Å². The third-order valence-electron chi connectivity index (χ3n) is 4.14. The number of carbonyl (C=O) groups excluding carboxylic acids is 1. The van der Waals surface area contributed by atoms with E-state index in [-0.39, 0.29) is 18.1 Å². The van der Waals surface area contributed by atoms with E-state index in [9.17, 15) is 9.18 Å². The van der Waals surface area contributed by atoms with Crippen molar-refractivity contribution in [2.75, 3.05) is 24.9 Å². The van der Waals surface area contributed by atoms with Gasteiger partial charge in [0.15, 0.2) is 23.1 Å². The number of methoxy groups -OCH3 is 2. The molecule has 0 saturated heterocycles. The summed E-state index contributed by atoms with van der Waals surface area (Å²) in [5.74, 6) is 1.62. The zero-order chi connectivity index (χ0) is 20.6. The minimum atomic E-state index is -0.312. The van der Waals surface area contributed by atoms with E-state index in [1.165, 1.54) is 12.1 Å². The van der Waals surface area contributed by atoms with E-state index in [2.05, 4.69) is 20.8 Å². The first-order valence-corrected chi connectivity index (χ1v) is 8.94. The van der Waals surface area contributed by atoms with Gasteiger partial charge in [-0.15, -0.1) is 10.2 Å². The Hall–Kier alpha value is -3.68. The van der Waals surface area contributed by atoms with Gasteiger partial charge in [-0.3, -0.25) is 4.79 Å². The third kappa shape index (κ3) is 5.65. The van der Waals surface area contributed by atoms with Gasteiger partial charge in [-0.05, 0) is 60.5 Å². The topological polar surface area (TPSA) is 85.4 Å². The van der Waals surface area contributed by atoms with Crippen LogP contribution >= 0.6 is 0 Å². The number of halogens is 1. The number of anilines is 3. The number of nitrogens with zero attached hydrogens (tertiary/aromatic N) is 2. The molecule has 0 radical (unpaired) electrons. The normalized spacial score (nSPS) is 10.3. The van der Waals surface area contributed by atoms with E-state index in [1.54, 1.807) is 38.5 Å². The molecule has 0 aliphatic carbocycles. The van der Waals surface area contributed by atoms with Gasteiger partial charge in [0.1, 0.15) is 5.82 Å². The maximum atomic E-state index is 12.9. The molecule has 7 nitrogen and oxygen atoms in total. The predicted molar refractivity (Wildman–Crippen MR) is 108 cm³/mol. The molecule has 0 saturated carbocycles. The average Bonchev–Trinajstić information content (AvgIpc) is 2.75. The fourth-order valence-electron chi connectivity index (χ4n) is 2.65. The highest BCUT2D eigenvalue weighted by molar-refractivity contribution is 5.89. The van der Waals surface area contributed by atoms with Gasteiger partial charge >= 0.3 is 0 Å². The highest BCUT2D eigenvalue weighted by Gasteiger charge is 2.08. The van der Waals surface area contributed by atoms with E-state index in [4.69, 9.17) is 9.47 Å². The minimum absolute atomic E-state index is 0.173. The number of carbonyl (C=O) groups is 1. The van der Waals surface area contributed by atoms with E-state index >= 15 is 0 Å². The molecule has 1 heterocycles. The molecular formula is C21H21FN4O3. The van der Waals surface area contributed by atoms with Crippen LogP contribution < -0.4 is 20.1 Å². The molecule has 29 heavy (non-hydrogen) atoms. The molecule has 0 aliphatic heterocycles. The van der Waals surface area contributed by atoms with Crippen LogP contribution in [0.4, 0.5) is 21.7 Å². The summed E-state index contributed by atoms with van der Waals surface area (Å²) < 4.78 is 23.4. The molecule has 8 heteroatoms. The zero-order valence-electron chi connectivity index (χ0n) is 16.1. The van der Waals surface area contributed by atoms with Crippen LogP contribution in [0.15, 0.2) is 54.6 Å². The lowest BCUT2D eigenvalue weighted by molar-refractivity contribution is -0.116. The van der Waals surface area contributed by atoms with Crippen molar-refractivity contribution < 1.29 is 18.7 Å². The number of aromatic nitrogens is 2. The quantitative estimate of drug-likeness (QED) is 0.600. The first-order chi connectivity index (χ1) is 14.1. The summed E-state index contributed by atoms with van der Waals surface area (Å²) in [6, 6.07) is 14.8. The highest BCUT2D eigenvalue weighted by Crippen LogP contribution is 2.28. The number of ether oxygens (including phenoxy) is 2. The second kappa shape index (κ2) is 9.50. The van der Waals surface area contributed by atoms with Crippen LogP contribution in [0.3, 0.4) is 0 Å². The Balaban J connectivity index is 1.52. The molecule has 3 rings (SSSR count). The SMILES string of the molecule is COc1ccc(CCC(=O)Nc2ccc(Nc3ccc(F)cc3)nn2)cc1OC.